The molecular weight excluding hydrogens is 467 g/mol. The van der Waals surface area contributed by atoms with Gasteiger partial charge in [-0.1, -0.05) is 22.0 Å². The average Bonchev–Trinajstić information content (AvgIpc) is 2.36. The van der Waals surface area contributed by atoms with Gasteiger partial charge in [0.05, 0.1) is 11.7 Å². The van der Waals surface area contributed by atoms with Gasteiger partial charge in [0.25, 0.3) is 0 Å². The number of hydrogen-bond donors (Lipinski definition) is 1. The Morgan fingerprint density at radius 3 is 2.86 bits per heavy atom. The van der Waals surface area contributed by atoms with Gasteiger partial charge in [0.1, 0.15) is 5.60 Å². The van der Waals surface area contributed by atoms with E-state index in [-0.39, 0.29) is 12.1 Å². The zero-order valence-electron chi connectivity index (χ0n) is 12.2. The Labute approximate surface area is 150 Å². The van der Waals surface area contributed by atoms with E-state index >= 15 is 0 Å². The topological polar surface area (TPSA) is 41.6 Å². The van der Waals surface area contributed by atoms with Crippen LogP contribution in [0.2, 0.25) is 0 Å². The van der Waals surface area contributed by atoms with Crippen LogP contribution in [0.25, 0.3) is 0 Å². The molecule has 1 unspecified atom stereocenters. The van der Waals surface area contributed by atoms with E-state index in [1.165, 1.54) is 0 Å². The fourth-order valence-electron chi connectivity index (χ4n) is 2.22. The highest BCUT2D eigenvalue weighted by Crippen LogP contribution is 2.40. The van der Waals surface area contributed by atoms with Crippen molar-refractivity contribution in [3.8, 4) is 0 Å². The summed E-state index contributed by atoms with van der Waals surface area (Å²) in [4.78, 5) is 12.0. The van der Waals surface area contributed by atoms with Crippen LogP contribution in [0, 0.1) is 0 Å². The molecule has 1 atom stereocenters. The summed E-state index contributed by atoms with van der Waals surface area (Å²) in [5.74, 6) is 0. The zero-order valence-corrected chi connectivity index (χ0v) is 16.7. The van der Waals surface area contributed by atoms with Gasteiger partial charge in [0.2, 0.25) is 0 Å². The van der Waals surface area contributed by atoms with Gasteiger partial charge in [0, 0.05) is 41.3 Å². The van der Waals surface area contributed by atoms with E-state index in [1.54, 1.807) is 9.12 Å². The number of ether oxygens (including phenoxy) is 1. The highest BCUT2D eigenvalue weighted by Gasteiger charge is 2.28. The first kappa shape index (κ1) is 17.2. The first-order valence-corrected chi connectivity index (χ1v) is 10.8. The normalized spacial score (nSPS) is 18.1. The van der Waals surface area contributed by atoms with Crippen LogP contribution < -0.4 is 9.62 Å². The number of fused-ring (bicyclic) bond motifs is 1. The fraction of sp³-hybridized carbons (Fsp3) is 0.500. The fourth-order valence-corrected chi connectivity index (χ4v) is 4.20. The van der Waals surface area contributed by atoms with E-state index in [9.17, 15) is 4.79 Å². The van der Waals surface area contributed by atoms with Crippen LogP contribution in [0.5, 0.6) is 0 Å². The minimum Gasteiger partial charge on any atom is -0.444 e. The summed E-state index contributed by atoms with van der Waals surface area (Å²) in [6.45, 7) is 6.49. The lowest BCUT2D eigenvalue weighted by atomic mass is 9.98. The number of carbonyl (C=O) groups is 1. The van der Waals surface area contributed by atoms with Gasteiger partial charge in [-0.3, -0.25) is 0 Å². The van der Waals surface area contributed by atoms with E-state index in [1.807, 2.05) is 26.8 Å². The second-order valence-corrected chi connectivity index (χ2v) is 8.54. The van der Waals surface area contributed by atoms with Gasteiger partial charge in [-0.05, 0) is 44.9 Å². The number of halogens is 2. The van der Waals surface area contributed by atoms with E-state index in [2.05, 4.69) is 58.9 Å². The maximum Gasteiger partial charge on any atom is 0.408 e. The standard InChI is InChI=1S/C14H18BrIN2O2S/c1-14(2,3)20-13(19)17-11-6-7-18(21-16)12-8-9(15)4-5-10(11)12/h4-5,8,11H,6-7H2,1-3H3,(H,17,19). The third-order valence-corrected chi connectivity index (χ3v) is 5.50. The summed E-state index contributed by atoms with van der Waals surface area (Å²) in [6, 6.07) is 6.14. The molecule has 0 aliphatic carbocycles. The minimum absolute atomic E-state index is 0.0113. The van der Waals surface area contributed by atoms with E-state index < -0.39 is 5.60 Å². The molecule has 0 radical (unpaired) electrons. The maximum atomic E-state index is 12.0. The summed E-state index contributed by atoms with van der Waals surface area (Å²) in [6.07, 6.45) is 0.501. The van der Waals surface area contributed by atoms with Crippen molar-refractivity contribution in [3.63, 3.8) is 0 Å². The SMILES string of the molecule is CC(C)(C)OC(=O)NC1CCN(SI)c2cc(Br)ccc21. The van der Waals surface area contributed by atoms with Crippen molar-refractivity contribution in [1.82, 2.24) is 5.32 Å². The lowest BCUT2D eigenvalue weighted by Gasteiger charge is -2.34. The molecule has 2 rings (SSSR count). The van der Waals surface area contributed by atoms with Crippen molar-refractivity contribution in [2.45, 2.75) is 38.8 Å². The number of nitrogens with zero attached hydrogens (tertiary/aromatic N) is 1. The molecule has 1 aromatic carbocycles. The molecule has 0 bridgehead atoms. The van der Waals surface area contributed by atoms with Gasteiger partial charge in [-0.15, -0.1) is 0 Å². The van der Waals surface area contributed by atoms with Crippen LogP contribution in [0.3, 0.4) is 0 Å². The summed E-state index contributed by atoms with van der Waals surface area (Å²) >= 11 is 5.79. The number of nitrogens with one attached hydrogen (secondary N) is 1. The monoisotopic (exact) mass is 484 g/mol. The molecule has 7 heteroatoms. The number of hydrogen-bond acceptors (Lipinski definition) is 4. The van der Waals surface area contributed by atoms with Gasteiger partial charge < -0.3 is 14.4 Å². The largest absolute Gasteiger partial charge is 0.444 e. The second-order valence-electron chi connectivity index (χ2n) is 5.86. The van der Waals surface area contributed by atoms with Crippen molar-refractivity contribution in [2.24, 2.45) is 0 Å². The van der Waals surface area contributed by atoms with Gasteiger partial charge >= 0.3 is 6.09 Å². The predicted octanol–water partition coefficient (Wildman–Crippen LogP) is 5.22. The molecule has 1 aromatic rings. The summed E-state index contributed by atoms with van der Waals surface area (Å²) in [5.41, 5.74) is 1.78. The van der Waals surface area contributed by atoms with Gasteiger partial charge in [0.15, 0.2) is 0 Å². The molecule has 116 valence electrons. The smallest absolute Gasteiger partial charge is 0.408 e. The van der Waals surface area contributed by atoms with Crippen molar-refractivity contribution < 1.29 is 9.53 Å². The molecule has 1 N–H and O–H groups in total. The first-order chi connectivity index (χ1) is 9.80. The van der Waals surface area contributed by atoms with Crippen LogP contribution >= 0.6 is 46.3 Å². The van der Waals surface area contributed by atoms with Crippen LogP contribution in [0.15, 0.2) is 22.7 Å². The van der Waals surface area contributed by atoms with E-state index in [0.29, 0.717) is 0 Å². The Balaban J connectivity index is 2.18. The van der Waals surface area contributed by atoms with Crippen LogP contribution in [-0.2, 0) is 4.74 Å². The number of amides is 1. The maximum absolute atomic E-state index is 12.0. The molecule has 0 fully saturated rings. The van der Waals surface area contributed by atoms with Crippen LogP contribution in [0.4, 0.5) is 10.5 Å². The number of benzene rings is 1. The number of rotatable bonds is 2. The van der Waals surface area contributed by atoms with Crippen molar-refractivity contribution in [1.29, 1.82) is 0 Å². The van der Waals surface area contributed by atoms with Crippen molar-refractivity contribution in [2.75, 3.05) is 10.8 Å². The quantitative estimate of drug-likeness (QED) is 0.461. The van der Waals surface area contributed by atoms with Crippen molar-refractivity contribution >= 4 is 58.0 Å². The van der Waals surface area contributed by atoms with Gasteiger partial charge in [-0.25, -0.2) is 4.79 Å². The second kappa shape index (κ2) is 6.95. The van der Waals surface area contributed by atoms with Gasteiger partial charge in [-0.2, -0.15) is 0 Å². The summed E-state index contributed by atoms with van der Waals surface area (Å²) in [7, 11) is 1.67. The predicted molar refractivity (Wildman–Crippen MR) is 99.8 cm³/mol. The summed E-state index contributed by atoms with van der Waals surface area (Å²) < 4.78 is 8.62. The molecule has 0 saturated carbocycles. The summed E-state index contributed by atoms with van der Waals surface area (Å²) in [5, 5.41) is 2.98. The Kier molecular flexibility index (Phi) is 5.70. The highest BCUT2D eigenvalue weighted by atomic mass is 127. The van der Waals surface area contributed by atoms with Crippen LogP contribution in [-0.4, -0.2) is 18.2 Å². The lowest BCUT2D eigenvalue weighted by Crippen LogP contribution is -2.38. The minimum atomic E-state index is -0.481. The van der Waals surface area contributed by atoms with Crippen molar-refractivity contribution in [3.05, 3.63) is 28.2 Å². The lowest BCUT2D eigenvalue weighted by molar-refractivity contribution is 0.0501. The Morgan fingerprint density at radius 2 is 2.24 bits per heavy atom. The Bertz CT molecular complexity index is 536. The molecule has 1 amide bonds. The molecule has 0 spiro atoms. The Morgan fingerprint density at radius 1 is 1.52 bits per heavy atom. The van der Waals surface area contributed by atoms with E-state index in [0.717, 1.165) is 28.7 Å². The Hall–Kier alpha value is -0.150. The average molecular weight is 485 g/mol. The number of anilines is 1. The third kappa shape index (κ3) is 4.66. The highest BCUT2D eigenvalue weighted by molar-refractivity contribution is 14.2. The first-order valence-electron chi connectivity index (χ1n) is 6.65. The molecule has 0 saturated heterocycles. The van der Waals surface area contributed by atoms with E-state index in [4.69, 9.17) is 4.74 Å². The molecule has 0 aromatic heterocycles. The molecule has 21 heavy (non-hydrogen) atoms. The molecule has 4 nitrogen and oxygen atoms in total. The molecule has 1 aliphatic rings. The molecular formula is C14H18BrIN2O2S. The molecule has 1 aliphatic heterocycles. The van der Waals surface area contributed by atoms with Crippen LogP contribution in [0.1, 0.15) is 38.8 Å². The number of carbonyl (C=O) groups excluding carboxylic acids is 1. The third-order valence-electron chi connectivity index (χ3n) is 3.03. The number of alkyl carbamates (subject to hydrolysis) is 1. The zero-order chi connectivity index (χ0) is 15.6. The molecule has 1 heterocycles.